The lowest BCUT2D eigenvalue weighted by Gasteiger charge is -2.24. The molecule has 0 radical (unpaired) electrons. The summed E-state index contributed by atoms with van der Waals surface area (Å²) in [5.74, 6) is -1.05. The number of benzene rings is 1. The normalized spacial score (nSPS) is 21.5. The van der Waals surface area contributed by atoms with Crippen molar-refractivity contribution in [3.8, 4) is 0 Å². The van der Waals surface area contributed by atoms with E-state index in [4.69, 9.17) is 0 Å². The van der Waals surface area contributed by atoms with Crippen molar-refractivity contribution < 1.29 is 22.8 Å². The van der Waals surface area contributed by atoms with Gasteiger partial charge in [0.15, 0.2) is 9.84 Å². The summed E-state index contributed by atoms with van der Waals surface area (Å²) < 4.78 is 23.8. The Labute approximate surface area is 154 Å². The molecule has 0 aromatic heterocycles. The second-order valence-corrected chi connectivity index (χ2v) is 9.41. The molecule has 25 heavy (non-hydrogen) atoms. The summed E-state index contributed by atoms with van der Waals surface area (Å²) in [6.07, 6.45) is 0.394. The Morgan fingerprint density at radius 1 is 1.28 bits per heavy atom. The van der Waals surface area contributed by atoms with E-state index in [0.717, 1.165) is 4.90 Å². The van der Waals surface area contributed by atoms with Crippen LogP contribution in [-0.4, -0.2) is 67.1 Å². The summed E-state index contributed by atoms with van der Waals surface area (Å²) >= 11 is 3.27. The maximum atomic E-state index is 12.4. The molecule has 7 nitrogen and oxygen atoms in total. The zero-order chi connectivity index (χ0) is 18.4. The van der Waals surface area contributed by atoms with E-state index in [1.165, 1.54) is 4.90 Å². The number of hydrogen-bond acceptors (Lipinski definition) is 5. The number of amides is 3. The van der Waals surface area contributed by atoms with Crippen molar-refractivity contribution in [2.45, 2.75) is 18.9 Å². The Balaban J connectivity index is 1.63. The van der Waals surface area contributed by atoms with Crippen molar-refractivity contribution in [3.05, 3.63) is 33.8 Å². The molecule has 1 aromatic carbocycles. The van der Waals surface area contributed by atoms with E-state index >= 15 is 0 Å². The van der Waals surface area contributed by atoms with Crippen LogP contribution in [0.4, 0.5) is 0 Å². The summed E-state index contributed by atoms with van der Waals surface area (Å²) in [6, 6.07) is 4.52. The third kappa shape index (κ3) is 3.48. The number of fused-ring (bicyclic) bond motifs is 1. The van der Waals surface area contributed by atoms with E-state index in [1.807, 2.05) is 0 Å². The van der Waals surface area contributed by atoms with Gasteiger partial charge in [-0.05, 0) is 24.6 Å². The Bertz CT molecular complexity index is 867. The minimum Gasteiger partial charge on any atom is -0.342 e. The molecule has 1 aromatic rings. The molecule has 3 rings (SSSR count). The van der Waals surface area contributed by atoms with Crippen molar-refractivity contribution >= 4 is 43.5 Å². The molecule has 2 aliphatic rings. The third-order valence-corrected chi connectivity index (χ3v) is 6.88. The van der Waals surface area contributed by atoms with Crippen LogP contribution in [0.15, 0.2) is 22.7 Å². The first-order chi connectivity index (χ1) is 11.7. The first-order valence-corrected chi connectivity index (χ1v) is 10.4. The lowest BCUT2D eigenvalue weighted by atomic mass is 10.1. The van der Waals surface area contributed by atoms with E-state index in [9.17, 15) is 22.8 Å². The smallest absolute Gasteiger partial charge is 0.261 e. The van der Waals surface area contributed by atoms with Crippen LogP contribution >= 0.6 is 15.9 Å². The van der Waals surface area contributed by atoms with Gasteiger partial charge >= 0.3 is 0 Å². The third-order valence-electron chi connectivity index (χ3n) is 4.63. The molecular weight excluding hydrogens is 412 g/mol. The maximum absolute atomic E-state index is 12.4. The predicted molar refractivity (Wildman–Crippen MR) is 94.0 cm³/mol. The predicted octanol–water partition coefficient (Wildman–Crippen LogP) is 1.08. The van der Waals surface area contributed by atoms with Gasteiger partial charge in [0.05, 0.1) is 22.6 Å². The van der Waals surface area contributed by atoms with Gasteiger partial charge in [-0.1, -0.05) is 15.9 Å². The largest absolute Gasteiger partial charge is 0.342 e. The molecule has 1 saturated heterocycles. The highest BCUT2D eigenvalue weighted by Gasteiger charge is 2.37. The number of imide groups is 1. The van der Waals surface area contributed by atoms with Crippen LogP contribution in [0.3, 0.4) is 0 Å². The van der Waals surface area contributed by atoms with Crippen LogP contribution in [0.1, 0.15) is 33.6 Å². The molecule has 2 heterocycles. The van der Waals surface area contributed by atoms with Gasteiger partial charge < -0.3 is 4.90 Å². The van der Waals surface area contributed by atoms with E-state index in [0.29, 0.717) is 22.0 Å². The van der Waals surface area contributed by atoms with Crippen molar-refractivity contribution in [3.63, 3.8) is 0 Å². The molecule has 1 atom stereocenters. The van der Waals surface area contributed by atoms with Crippen molar-refractivity contribution in [1.29, 1.82) is 0 Å². The highest BCUT2D eigenvalue weighted by molar-refractivity contribution is 9.10. The van der Waals surface area contributed by atoms with Gasteiger partial charge in [-0.2, -0.15) is 0 Å². The Kier molecular flexibility index (Phi) is 4.72. The van der Waals surface area contributed by atoms with Crippen LogP contribution in [0.5, 0.6) is 0 Å². The number of sulfone groups is 1. The molecule has 0 saturated carbocycles. The first-order valence-electron chi connectivity index (χ1n) is 7.81. The van der Waals surface area contributed by atoms with Crippen LogP contribution in [0.25, 0.3) is 0 Å². The van der Waals surface area contributed by atoms with E-state index in [2.05, 4.69) is 15.9 Å². The second kappa shape index (κ2) is 6.53. The zero-order valence-corrected chi connectivity index (χ0v) is 16.0. The Morgan fingerprint density at radius 2 is 1.96 bits per heavy atom. The zero-order valence-electron chi connectivity index (χ0n) is 13.6. The molecule has 0 aliphatic carbocycles. The summed E-state index contributed by atoms with van der Waals surface area (Å²) in [4.78, 5) is 39.5. The molecule has 0 bridgehead atoms. The SMILES string of the molecule is CN(C(=O)CCN1C(=O)c2ccc(Br)cc2C1=O)[C@@H]1CCS(=O)(=O)C1. The topological polar surface area (TPSA) is 91.8 Å². The van der Waals surface area contributed by atoms with Gasteiger partial charge in [-0.3, -0.25) is 19.3 Å². The number of rotatable bonds is 4. The average molecular weight is 429 g/mol. The number of carbonyl (C=O) groups is 3. The fourth-order valence-corrected chi connectivity index (χ4v) is 5.27. The minimum atomic E-state index is -3.08. The Morgan fingerprint density at radius 3 is 2.60 bits per heavy atom. The first kappa shape index (κ1) is 18.1. The van der Waals surface area contributed by atoms with Crippen LogP contribution < -0.4 is 0 Å². The molecule has 0 spiro atoms. The van der Waals surface area contributed by atoms with Gasteiger partial charge in [-0.15, -0.1) is 0 Å². The molecule has 0 N–H and O–H groups in total. The maximum Gasteiger partial charge on any atom is 0.261 e. The van der Waals surface area contributed by atoms with E-state index < -0.39 is 21.7 Å². The highest BCUT2D eigenvalue weighted by atomic mass is 79.9. The van der Waals surface area contributed by atoms with E-state index in [1.54, 1.807) is 25.2 Å². The molecule has 134 valence electrons. The fourth-order valence-electron chi connectivity index (χ4n) is 3.13. The van der Waals surface area contributed by atoms with Gasteiger partial charge in [0, 0.05) is 30.5 Å². The van der Waals surface area contributed by atoms with Crippen LogP contribution in [0, 0.1) is 0 Å². The summed E-state index contributed by atoms with van der Waals surface area (Å²) in [5, 5.41) is 0. The van der Waals surface area contributed by atoms with Crippen molar-refractivity contribution in [2.24, 2.45) is 0 Å². The Hall–Kier alpha value is -1.74. The average Bonchev–Trinajstić information content (AvgIpc) is 3.03. The standard InChI is InChI=1S/C16H17BrN2O5S/c1-18(11-5-7-25(23,24)9-11)14(20)4-6-19-15(21)12-3-2-10(17)8-13(12)16(19)22/h2-3,8,11H,4-7,9H2,1H3/t11-/m1/s1. The lowest BCUT2D eigenvalue weighted by molar-refractivity contribution is -0.131. The summed E-state index contributed by atoms with van der Waals surface area (Å²) in [7, 11) is -1.52. The van der Waals surface area contributed by atoms with Gasteiger partial charge in [-0.25, -0.2) is 8.42 Å². The lowest BCUT2D eigenvalue weighted by Crippen LogP contribution is -2.40. The number of hydrogen-bond donors (Lipinski definition) is 0. The molecule has 9 heteroatoms. The fraction of sp³-hybridized carbons (Fsp3) is 0.438. The van der Waals surface area contributed by atoms with Crippen molar-refractivity contribution in [1.82, 2.24) is 9.80 Å². The van der Waals surface area contributed by atoms with E-state index in [-0.39, 0.29) is 36.4 Å². The number of nitrogens with zero attached hydrogens (tertiary/aromatic N) is 2. The van der Waals surface area contributed by atoms with Crippen LogP contribution in [0.2, 0.25) is 0 Å². The molecule has 0 unspecified atom stereocenters. The highest BCUT2D eigenvalue weighted by Crippen LogP contribution is 2.26. The van der Waals surface area contributed by atoms with Gasteiger partial charge in [0.1, 0.15) is 0 Å². The molecule has 1 fully saturated rings. The second-order valence-electron chi connectivity index (χ2n) is 6.26. The summed E-state index contributed by atoms with van der Waals surface area (Å²) in [5.41, 5.74) is 0.651. The van der Waals surface area contributed by atoms with Gasteiger partial charge in [0.2, 0.25) is 5.91 Å². The minimum absolute atomic E-state index is 0.0212. The molecule has 3 amide bonds. The quantitative estimate of drug-likeness (QED) is 0.669. The van der Waals surface area contributed by atoms with Gasteiger partial charge in [0.25, 0.3) is 11.8 Å². The molecular formula is C16H17BrN2O5S. The van der Waals surface area contributed by atoms with Crippen LogP contribution in [-0.2, 0) is 14.6 Å². The summed E-state index contributed by atoms with van der Waals surface area (Å²) in [6.45, 7) is -0.0212. The number of halogens is 1. The monoisotopic (exact) mass is 428 g/mol. The number of carbonyl (C=O) groups excluding carboxylic acids is 3. The molecule has 2 aliphatic heterocycles. The van der Waals surface area contributed by atoms with Crippen molar-refractivity contribution in [2.75, 3.05) is 25.1 Å².